The second-order valence-corrected chi connectivity index (χ2v) is 5.35. The number of alkyl halides is 3. The van der Waals surface area contributed by atoms with Crippen LogP contribution in [0.2, 0.25) is 0 Å². The number of nitrogens with zero attached hydrogens (tertiary/aromatic N) is 1. The van der Waals surface area contributed by atoms with Crippen molar-refractivity contribution in [3.63, 3.8) is 0 Å². The van der Waals surface area contributed by atoms with Crippen molar-refractivity contribution in [1.29, 1.82) is 0 Å². The molecule has 21 heavy (non-hydrogen) atoms. The molecule has 2 rings (SSSR count). The van der Waals surface area contributed by atoms with Crippen LogP contribution in [-0.2, 0) is 12.7 Å². The maximum Gasteiger partial charge on any atom is 0.416 e. The molecule has 112 valence electrons. The molecule has 0 bridgehead atoms. The van der Waals surface area contributed by atoms with Gasteiger partial charge in [-0.15, -0.1) is 0 Å². The normalized spacial score (nSPS) is 11.5. The zero-order valence-corrected chi connectivity index (χ0v) is 12.7. The summed E-state index contributed by atoms with van der Waals surface area (Å²) in [6.07, 6.45) is -2.83. The summed E-state index contributed by atoms with van der Waals surface area (Å²) in [5.74, 6) is 0.541. The number of aromatic nitrogens is 1. The molecule has 1 aromatic carbocycles. The minimum atomic E-state index is -4.34. The third-order valence-electron chi connectivity index (χ3n) is 3.02. The number of nitrogens with two attached hydrogens (primary N) is 1. The first-order chi connectivity index (χ1) is 9.79. The quantitative estimate of drug-likeness (QED) is 0.855. The van der Waals surface area contributed by atoms with Crippen LogP contribution in [-0.4, -0.2) is 4.98 Å². The Balaban J connectivity index is 2.16. The highest BCUT2D eigenvalue weighted by Crippen LogP contribution is 2.30. The Kier molecular flexibility index (Phi) is 4.41. The van der Waals surface area contributed by atoms with Crippen LogP contribution in [0.4, 0.5) is 24.7 Å². The number of halogens is 4. The minimum absolute atomic E-state index is 0.235. The van der Waals surface area contributed by atoms with E-state index in [-0.39, 0.29) is 6.54 Å². The van der Waals surface area contributed by atoms with Gasteiger partial charge in [-0.1, -0.05) is 12.1 Å². The molecule has 7 heteroatoms. The Labute approximate surface area is 128 Å². The van der Waals surface area contributed by atoms with E-state index in [1.54, 1.807) is 6.07 Å². The number of nitrogens with one attached hydrogen (secondary N) is 1. The molecular formula is C14H13BrF3N3. The summed E-state index contributed by atoms with van der Waals surface area (Å²) in [6, 6.07) is 5.17. The van der Waals surface area contributed by atoms with E-state index >= 15 is 0 Å². The van der Waals surface area contributed by atoms with Crippen LogP contribution >= 0.6 is 15.9 Å². The molecule has 0 saturated carbocycles. The number of hydrogen-bond donors (Lipinski definition) is 2. The highest BCUT2D eigenvalue weighted by Gasteiger charge is 2.30. The zero-order chi connectivity index (χ0) is 15.6. The highest BCUT2D eigenvalue weighted by molar-refractivity contribution is 9.10. The van der Waals surface area contributed by atoms with Gasteiger partial charge in [0.05, 0.1) is 21.9 Å². The SMILES string of the molecule is Cc1c(N)cnc(NCc2cccc(C(F)(F)F)c2)c1Br. The monoisotopic (exact) mass is 359 g/mol. The second-order valence-electron chi connectivity index (χ2n) is 4.55. The van der Waals surface area contributed by atoms with Gasteiger partial charge in [0.25, 0.3) is 0 Å². The fourth-order valence-electron chi connectivity index (χ4n) is 1.76. The van der Waals surface area contributed by atoms with E-state index in [1.807, 2.05) is 6.92 Å². The smallest absolute Gasteiger partial charge is 0.397 e. The van der Waals surface area contributed by atoms with Gasteiger partial charge in [-0.3, -0.25) is 0 Å². The van der Waals surface area contributed by atoms with E-state index in [4.69, 9.17) is 5.73 Å². The van der Waals surface area contributed by atoms with Gasteiger partial charge in [0.15, 0.2) is 0 Å². The minimum Gasteiger partial charge on any atom is -0.397 e. The number of benzene rings is 1. The van der Waals surface area contributed by atoms with Crippen molar-refractivity contribution in [3.05, 3.63) is 51.6 Å². The van der Waals surface area contributed by atoms with Crippen LogP contribution in [0.5, 0.6) is 0 Å². The Hall–Kier alpha value is -1.76. The lowest BCUT2D eigenvalue weighted by Gasteiger charge is -2.12. The van der Waals surface area contributed by atoms with Crippen molar-refractivity contribution in [1.82, 2.24) is 4.98 Å². The van der Waals surface area contributed by atoms with Crippen molar-refractivity contribution >= 4 is 27.4 Å². The number of nitrogen functional groups attached to an aromatic ring is 1. The van der Waals surface area contributed by atoms with Crippen molar-refractivity contribution in [3.8, 4) is 0 Å². The van der Waals surface area contributed by atoms with Crippen LogP contribution in [0, 0.1) is 6.92 Å². The van der Waals surface area contributed by atoms with Gasteiger partial charge in [-0.05, 0) is 46.1 Å². The molecule has 0 fully saturated rings. The van der Waals surface area contributed by atoms with Crippen LogP contribution < -0.4 is 11.1 Å². The summed E-state index contributed by atoms with van der Waals surface area (Å²) in [4.78, 5) is 4.12. The molecule has 0 amide bonds. The van der Waals surface area contributed by atoms with E-state index in [2.05, 4.69) is 26.2 Å². The fourth-order valence-corrected chi connectivity index (χ4v) is 2.23. The number of hydrogen-bond acceptors (Lipinski definition) is 3. The van der Waals surface area contributed by atoms with Gasteiger partial charge in [0.2, 0.25) is 0 Å². The van der Waals surface area contributed by atoms with Crippen LogP contribution in [0.15, 0.2) is 34.9 Å². The molecule has 0 spiro atoms. The lowest BCUT2D eigenvalue weighted by atomic mass is 10.1. The van der Waals surface area contributed by atoms with Crippen LogP contribution in [0.1, 0.15) is 16.7 Å². The first-order valence-corrected chi connectivity index (χ1v) is 6.89. The molecule has 1 heterocycles. The number of rotatable bonds is 3. The van der Waals surface area contributed by atoms with Crippen LogP contribution in [0.3, 0.4) is 0 Å². The summed E-state index contributed by atoms with van der Waals surface area (Å²) in [7, 11) is 0. The maximum absolute atomic E-state index is 12.6. The van der Waals surface area contributed by atoms with E-state index in [0.717, 1.165) is 17.7 Å². The summed E-state index contributed by atoms with van der Waals surface area (Å²) in [5.41, 5.74) is 6.95. The maximum atomic E-state index is 12.6. The van der Waals surface area contributed by atoms with Gasteiger partial charge in [-0.25, -0.2) is 4.98 Å². The van der Waals surface area contributed by atoms with E-state index in [9.17, 15) is 13.2 Å². The molecule has 1 aromatic heterocycles. The Morgan fingerprint density at radius 2 is 2.05 bits per heavy atom. The molecular weight excluding hydrogens is 347 g/mol. The van der Waals surface area contributed by atoms with E-state index < -0.39 is 11.7 Å². The van der Waals surface area contributed by atoms with Crippen LogP contribution in [0.25, 0.3) is 0 Å². The molecule has 0 atom stereocenters. The highest BCUT2D eigenvalue weighted by atomic mass is 79.9. The molecule has 0 saturated heterocycles. The number of anilines is 2. The van der Waals surface area contributed by atoms with Crippen molar-refractivity contribution < 1.29 is 13.2 Å². The summed E-state index contributed by atoms with van der Waals surface area (Å²) in [6.45, 7) is 2.06. The summed E-state index contributed by atoms with van der Waals surface area (Å²) < 4.78 is 38.6. The van der Waals surface area contributed by atoms with E-state index in [0.29, 0.717) is 21.5 Å². The molecule has 0 unspecified atom stereocenters. The van der Waals surface area contributed by atoms with Crippen molar-refractivity contribution in [2.24, 2.45) is 0 Å². The predicted molar refractivity (Wildman–Crippen MR) is 79.9 cm³/mol. The van der Waals surface area contributed by atoms with Crippen molar-refractivity contribution in [2.45, 2.75) is 19.6 Å². The Morgan fingerprint density at radius 3 is 2.71 bits per heavy atom. The molecule has 3 N–H and O–H groups in total. The lowest BCUT2D eigenvalue weighted by Crippen LogP contribution is -2.08. The van der Waals surface area contributed by atoms with Gasteiger partial charge in [0, 0.05) is 6.54 Å². The topological polar surface area (TPSA) is 50.9 Å². The van der Waals surface area contributed by atoms with Gasteiger partial charge < -0.3 is 11.1 Å². The van der Waals surface area contributed by atoms with Gasteiger partial charge >= 0.3 is 6.18 Å². The molecule has 2 aromatic rings. The lowest BCUT2D eigenvalue weighted by molar-refractivity contribution is -0.137. The second kappa shape index (κ2) is 5.93. The average Bonchev–Trinajstić information content (AvgIpc) is 2.43. The molecule has 0 aliphatic rings. The largest absolute Gasteiger partial charge is 0.416 e. The molecule has 0 aliphatic carbocycles. The standard InChI is InChI=1S/C14H13BrF3N3/c1-8-11(19)7-21-13(12(8)15)20-6-9-3-2-4-10(5-9)14(16,17)18/h2-5,7H,6,19H2,1H3,(H,20,21). The average molecular weight is 360 g/mol. The molecule has 0 radical (unpaired) electrons. The number of pyridine rings is 1. The molecule has 0 aliphatic heterocycles. The first kappa shape index (κ1) is 15.6. The molecule has 3 nitrogen and oxygen atoms in total. The third kappa shape index (κ3) is 3.66. The van der Waals surface area contributed by atoms with E-state index in [1.165, 1.54) is 12.3 Å². The zero-order valence-electron chi connectivity index (χ0n) is 11.1. The first-order valence-electron chi connectivity index (χ1n) is 6.09. The third-order valence-corrected chi connectivity index (χ3v) is 3.99. The Bertz CT molecular complexity index is 656. The fraction of sp³-hybridized carbons (Fsp3) is 0.214. The van der Waals surface area contributed by atoms with Gasteiger partial charge in [-0.2, -0.15) is 13.2 Å². The summed E-state index contributed by atoms with van der Waals surface area (Å²) in [5, 5.41) is 3.00. The Morgan fingerprint density at radius 1 is 1.33 bits per heavy atom. The van der Waals surface area contributed by atoms with Gasteiger partial charge in [0.1, 0.15) is 5.82 Å². The summed E-state index contributed by atoms with van der Waals surface area (Å²) >= 11 is 3.37. The predicted octanol–water partition coefficient (Wildman–Crippen LogP) is 4.37. The van der Waals surface area contributed by atoms with Crippen molar-refractivity contribution in [2.75, 3.05) is 11.1 Å².